The van der Waals surface area contributed by atoms with E-state index in [0.29, 0.717) is 34.4 Å². The van der Waals surface area contributed by atoms with Crippen molar-refractivity contribution in [2.45, 2.75) is 0 Å². The molecule has 0 radical (unpaired) electrons. The predicted molar refractivity (Wildman–Crippen MR) is 136 cm³/mol. The first-order valence-corrected chi connectivity index (χ1v) is 11.3. The Morgan fingerprint density at radius 3 is 1.19 bits per heavy atom. The summed E-state index contributed by atoms with van der Waals surface area (Å²) < 4.78 is 0. The lowest BCUT2D eigenvalue weighted by molar-refractivity contribution is 0.972. The second-order valence-corrected chi connectivity index (χ2v) is 7.88. The van der Waals surface area contributed by atoms with Crippen LogP contribution < -0.4 is 0 Å². The van der Waals surface area contributed by atoms with E-state index < -0.39 is 0 Å². The van der Waals surface area contributed by atoms with Crippen molar-refractivity contribution in [1.29, 1.82) is 0 Å². The highest BCUT2D eigenvalue weighted by molar-refractivity contribution is 5.66. The highest BCUT2D eigenvalue weighted by Gasteiger charge is 2.12. The first kappa shape index (κ1) is 21.3. The number of nitrogens with zero attached hydrogens (tertiary/aromatic N) is 8. The van der Waals surface area contributed by atoms with E-state index in [1.165, 1.54) is 0 Å². The van der Waals surface area contributed by atoms with Crippen molar-refractivity contribution >= 4 is 0 Å². The maximum atomic E-state index is 4.76. The molecule has 0 saturated heterocycles. The summed E-state index contributed by atoms with van der Waals surface area (Å²) in [6.07, 6.45) is 3.29. The smallest absolute Gasteiger partial charge is 0.200 e. The molecule has 8 heteroatoms. The Balaban J connectivity index is 1.34. The van der Waals surface area contributed by atoms with Gasteiger partial charge in [-0.3, -0.25) is 0 Å². The Bertz CT molecular complexity index is 1510. The zero-order valence-electron chi connectivity index (χ0n) is 19.0. The third-order valence-electron chi connectivity index (χ3n) is 5.48. The van der Waals surface area contributed by atoms with Gasteiger partial charge in [0.15, 0.2) is 0 Å². The van der Waals surface area contributed by atoms with Gasteiger partial charge < -0.3 is 0 Å². The third-order valence-corrected chi connectivity index (χ3v) is 5.48. The molecule has 0 unspecified atom stereocenters. The summed E-state index contributed by atoms with van der Waals surface area (Å²) in [5.41, 5.74) is 5.95. The Morgan fingerprint density at radius 2 is 0.750 bits per heavy atom. The van der Waals surface area contributed by atoms with Gasteiger partial charge in [-0.15, -0.1) is 10.2 Å². The molecule has 4 heterocycles. The Kier molecular flexibility index (Phi) is 5.65. The van der Waals surface area contributed by atoms with E-state index in [1.807, 2.05) is 97.1 Å². The molecule has 36 heavy (non-hydrogen) atoms. The van der Waals surface area contributed by atoms with Crippen LogP contribution in [-0.2, 0) is 0 Å². The molecule has 0 bridgehead atoms. The minimum absolute atomic E-state index is 0.442. The molecule has 6 rings (SSSR count). The maximum Gasteiger partial charge on any atom is 0.200 e. The van der Waals surface area contributed by atoms with E-state index in [0.717, 1.165) is 22.5 Å². The number of hydrogen-bond donors (Lipinski definition) is 0. The monoisotopic (exact) mass is 466 g/mol. The van der Waals surface area contributed by atoms with Crippen LogP contribution in [0.4, 0.5) is 0 Å². The van der Waals surface area contributed by atoms with E-state index in [-0.39, 0.29) is 0 Å². The summed E-state index contributed by atoms with van der Waals surface area (Å²) in [5, 5.41) is 16.7. The predicted octanol–water partition coefficient (Wildman–Crippen LogP) is 5.18. The normalized spacial score (nSPS) is 10.8. The zero-order valence-corrected chi connectivity index (χ0v) is 19.0. The first-order valence-electron chi connectivity index (χ1n) is 11.3. The molecular weight excluding hydrogens is 448 g/mol. The van der Waals surface area contributed by atoms with Gasteiger partial charge in [0.05, 0.1) is 35.2 Å². The molecule has 4 aromatic heterocycles. The molecule has 0 fully saturated rings. The SMILES string of the molecule is c1ccc(-c2cnnc(-c3cccc(-c4cccc(-c5nncc(-c6ccccc6)n5)n4)n3)n2)cc1. The quantitative estimate of drug-likeness (QED) is 0.342. The van der Waals surface area contributed by atoms with Gasteiger partial charge in [0.2, 0.25) is 11.6 Å². The van der Waals surface area contributed by atoms with Gasteiger partial charge in [-0.1, -0.05) is 72.8 Å². The lowest BCUT2D eigenvalue weighted by Gasteiger charge is -2.07. The Labute approximate surface area is 206 Å². The minimum atomic E-state index is 0.442. The third kappa shape index (κ3) is 4.43. The fourth-order valence-corrected chi connectivity index (χ4v) is 3.72. The molecule has 0 aliphatic heterocycles. The van der Waals surface area contributed by atoms with Crippen LogP contribution in [0.25, 0.3) is 56.9 Å². The van der Waals surface area contributed by atoms with Gasteiger partial charge >= 0.3 is 0 Å². The van der Waals surface area contributed by atoms with E-state index in [2.05, 4.69) is 30.4 Å². The molecule has 0 saturated carbocycles. The van der Waals surface area contributed by atoms with Crippen LogP contribution in [0.5, 0.6) is 0 Å². The number of hydrogen-bond acceptors (Lipinski definition) is 8. The van der Waals surface area contributed by atoms with Crippen molar-refractivity contribution < 1.29 is 0 Å². The minimum Gasteiger partial charge on any atom is -0.243 e. The second-order valence-electron chi connectivity index (χ2n) is 7.88. The van der Waals surface area contributed by atoms with Crippen LogP contribution in [0.3, 0.4) is 0 Å². The molecule has 6 aromatic rings. The molecule has 0 atom stereocenters. The lowest BCUT2D eigenvalue weighted by Crippen LogP contribution is -1.99. The van der Waals surface area contributed by atoms with Crippen LogP contribution in [0.1, 0.15) is 0 Å². The summed E-state index contributed by atoms with van der Waals surface area (Å²) >= 11 is 0. The van der Waals surface area contributed by atoms with Crippen LogP contribution in [-0.4, -0.2) is 40.3 Å². The van der Waals surface area contributed by atoms with Crippen molar-refractivity contribution in [3.05, 3.63) is 109 Å². The lowest BCUT2D eigenvalue weighted by atomic mass is 10.1. The van der Waals surface area contributed by atoms with Crippen molar-refractivity contribution in [3.63, 3.8) is 0 Å². The van der Waals surface area contributed by atoms with Crippen LogP contribution >= 0.6 is 0 Å². The van der Waals surface area contributed by atoms with Crippen molar-refractivity contribution in [2.75, 3.05) is 0 Å². The highest BCUT2D eigenvalue weighted by atomic mass is 15.2. The second kappa shape index (κ2) is 9.55. The number of pyridine rings is 2. The summed E-state index contributed by atoms with van der Waals surface area (Å²) in [6.45, 7) is 0. The molecule has 0 spiro atoms. The van der Waals surface area contributed by atoms with Crippen molar-refractivity contribution in [3.8, 4) is 56.9 Å². The highest BCUT2D eigenvalue weighted by Crippen LogP contribution is 2.24. The molecule has 0 aliphatic rings. The van der Waals surface area contributed by atoms with Crippen LogP contribution in [0.2, 0.25) is 0 Å². The maximum absolute atomic E-state index is 4.76. The standard InChI is InChI=1S/C28H18N8/c1-3-9-19(10-4-1)25-17-29-35-27(33-25)23-15-7-13-21(31-23)22-14-8-16-24(32-22)28-34-26(18-30-36-28)20-11-5-2-6-12-20/h1-18H. The molecule has 0 N–H and O–H groups in total. The summed E-state index contributed by atoms with van der Waals surface area (Å²) in [5.74, 6) is 0.884. The molecule has 0 amide bonds. The molecule has 2 aromatic carbocycles. The van der Waals surface area contributed by atoms with Gasteiger partial charge in [0.25, 0.3) is 0 Å². The number of benzene rings is 2. The van der Waals surface area contributed by atoms with Crippen LogP contribution in [0.15, 0.2) is 109 Å². The largest absolute Gasteiger partial charge is 0.243 e. The Morgan fingerprint density at radius 1 is 0.333 bits per heavy atom. The van der Waals surface area contributed by atoms with Gasteiger partial charge in [0, 0.05) is 11.1 Å². The van der Waals surface area contributed by atoms with E-state index in [4.69, 9.17) is 9.97 Å². The summed E-state index contributed by atoms with van der Waals surface area (Å²) in [4.78, 5) is 18.9. The van der Waals surface area contributed by atoms with Gasteiger partial charge in [0.1, 0.15) is 11.4 Å². The average molecular weight is 467 g/mol. The molecule has 170 valence electrons. The number of aromatic nitrogens is 8. The van der Waals surface area contributed by atoms with Gasteiger partial charge in [-0.25, -0.2) is 19.9 Å². The fraction of sp³-hybridized carbons (Fsp3) is 0. The first-order chi connectivity index (χ1) is 17.8. The molecular formula is C28H18N8. The van der Waals surface area contributed by atoms with E-state index >= 15 is 0 Å². The summed E-state index contributed by atoms with van der Waals surface area (Å²) in [7, 11) is 0. The fourth-order valence-electron chi connectivity index (χ4n) is 3.72. The average Bonchev–Trinajstić information content (AvgIpc) is 2.98. The van der Waals surface area contributed by atoms with Crippen molar-refractivity contribution in [2.24, 2.45) is 0 Å². The molecule has 8 nitrogen and oxygen atoms in total. The van der Waals surface area contributed by atoms with Gasteiger partial charge in [-0.2, -0.15) is 10.2 Å². The van der Waals surface area contributed by atoms with E-state index in [9.17, 15) is 0 Å². The topological polar surface area (TPSA) is 103 Å². The Hall–Kier alpha value is -5.24. The van der Waals surface area contributed by atoms with Crippen LogP contribution in [0, 0.1) is 0 Å². The molecule has 0 aliphatic carbocycles. The van der Waals surface area contributed by atoms with E-state index in [1.54, 1.807) is 12.4 Å². The zero-order chi connectivity index (χ0) is 24.2. The summed E-state index contributed by atoms with van der Waals surface area (Å²) in [6, 6.07) is 31.0. The van der Waals surface area contributed by atoms with Crippen molar-refractivity contribution in [1.82, 2.24) is 40.3 Å². The number of rotatable bonds is 5. The van der Waals surface area contributed by atoms with Gasteiger partial charge in [-0.05, 0) is 24.3 Å².